The maximum Gasteiger partial charge on any atom is 0.255 e. The first-order valence-electron chi connectivity index (χ1n) is 7.13. The van der Waals surface area contributed by atoms with E-state index in [0.29, 0.717) is 5.95 Å². The molecule has 0 aliphatic carbocycles. The average molecular weight is 285 g/mol. The van der Waals surface area contributed by atoms with E-state index in [1.54, 1.807) is 11.1 Å². The quantitative estimate of drug-likeness (QED) is 0.929. The second-order valence-corrected chi connectivity index (χ2v) is 5.22. The van der Waals surface area contributed by atoms with Crippen LogP contribution >= 0.6 is 0 Å². The Bertz CT molecular complexity index is 691. The van der Waals surface area contributed by atoms with E-state index in [9.17, 15) is 4.79 Å². The van der Waals surface area contributed by atoms with Gasteiger partial charge in [-0.05, 0) is 19.1 Å². The zero-order valence-corrected chi connectivity index (χ0v) is 12.6. The van der Waals surface area contributed by atoms with Gasteiger partial charge in [0.25, 0.3) is 5.91 Å². The summed E-state index contributed by atoms with van der Waals surface area (Å²) in [6.07, 6.45) is 2.61. The highest BCUT2D eigenvalue weighted by molar-refractivity contribution is 5.97. The number of carbonyl (C=O) groups is 1. The monoisotopic (exact) mass is 285 g/mol. The van der Waals surface area contributed by atoms with E-state index >= 15 is 0 Å². The number of hydrogen-bond donors (Lipinski definition) is 1. The van der Waals surface area contributed by atoms with Crippen LogP contribution in [0.4, 0.5) is 5.95 Å². The molecule has 110 valence electrons. The van der Waals surface area contributed by atoms with Gasteiger partial charge in [0.1, 0.15) is 0 Å². The third kappa shape index (κ3) is 2.26. The highest BCUT2D eigenvalue weighted by atomic mass is 16.2. The van der Waals surface area contributed by atoms with Crippen molar-refractivity contribution >= 4 is 11.9 Å². The van der Waals surface area contributed by atoms with Gasteiger partial charge in [0.15, 0.2) is 0 Å². The third-order valence-corrected chi connectivity index (χ3v) is 3.87. The number of likely N-dealkylation sites (N-methyl/N-ethyl adjacent to an activating group) is 1. The Morgan fingerprint density at radius 2 is 2.19 bits per heavy atom. The Balaban J connectivity index is 2.06. The van der Waals surface area contributed by atoms with Gasteiger partial charge in [-0.2, -0.15) is 0 Å². The van der Waals surface area contributed by atoms with Gasteiger partial charge in [-0.25, -0.2) is 9.97 Å². The van der Waals surface area contributed by atoms with Gasteiger partial charge in [-0.15, -0.1) is 0 Å². The third-order valence-electron chi connectivity index (χ3n) is 3.87. The van der Waals surface area contributed by atoms with E-state index in [0.717, 1.165) is 42.2 Å². The molecule has 0 saturated heterocycles. The molecule has 0 saturated carbocycles. The van der Waals surface area contributed by atoms with Crippen LogP contribution in [0.3, 0.4) is 0 Å². The van der Waals surface area contributed by atoms with Crippen molar-refractivity contribution in [3.8, 4) is 11.4 Å². The number of carbonyl (C=O) groups excluding carboxylic acids is 1. The fraction of sp³-hybridized carbons (Fsp3) is 0.400. The summed E-state index contributed by atoms with van der Waals surface area (Å²) in [7, 11) is 3.83. The fourth-order valence-corrected chi connectivity index (χ4v) is 2.70. The molecular weight excluding hydrogens is 266 g/mol. The van der Waals surface area contributed by atoms with Crippen molar-refractivity contribution in [2.45, 2.75) is 13.3 Å². The number of aromatic nitrogens is 3. The summed E-state index contributed by atoms with van der Waals surface area (Å²) in [5.41, 5.74) is 3.64. The second-order valence-electron chi connectivity index (χ2n) is 5.22. The van der Waals surface area contributed by atoms with Gasteiger partial charge in [0.05, 0.1) is 17.0 Å². The van der Waals surface area contributed by atoms with E-state index in [2.05, 4.69) is 19.9 Å². The lowest BCUT2D eigenvalue weighted by Crippen LogP contribution is -2.34. The van der Waals surface area contributed by atoms with E-state index in [4.69, 9.17) is 0 Å². The van der Waals surface area contributed by atoms with E-state index in [1.165, 1.54) is 0 Å². The van der Waals surface area contributed by atoms with Crippen molar-refractivity contribution in [3.05, 3.63) is 29.6 Å². The normalized spacial score (nSPS) is 14.2. The van der Waals surface area contributed by atoms with Gasteiger partial charge in [0.2, 0.25) is 5.95 Å². The minimum atomic E-state index is 0.0825. The summed E-state index contributed by atoms with van der Waals surface area (Å²) in [4.78, 5) is 22.7. The molecule has 0 aromatic carbocycles. The molecule has 0 unspecified atom stereocenters. The first kappa shape index (κ1) is 13.6. The van der Waals surface area contributed by atoms with Crippen molar-refractivity contribution in [2.75, 3.05) is 25.5 Å². The van der Waals surface area contributed by atoms with Crippen LogP contribution < -0.4 is 5.32 Å². The van der Waals surface area contributed by atoms with Crippen LogP contribution in [0.25, 0.3) is 11.4 Å². The summed E-state index contributed by atoms with van der Waals surface area (Å²) in [5.74, 6) is 0.691. The molecule has 1 N–H and O–H groups in total. The number of nitrogens with zero attached hydrogens (tertiary/aromatic N) is 4. The maximum absolute atomic E-state index is 12.3. The Morgan fingerprint density at radius 3 is 2.95 bits per heavy atom. The van der Waals surface area contributed by atoms with Crippen LogP contribution in [0.2, 0.25) is 0 Å². The smallest absolute Gasteiger partial charge is 0.255 e. The van der Waals surface area contributed by atoms with Crippen LogP contribution in [-0.2, 0) is 13.5 Å². The minimum absolute atomic E-state index is 0.0825. The van der Waals surface area contributed by atoms with Crippen LogP contribution in [0.5, 0.6) is 0 Å². The number of rotatable bonds is 3. The first-order valence-corrected chi connectivity index (χ1v) is 7.13. The number of anilines is 1. The summed E-state index contributed by atoms with van der Waals surface area (Å²) < 4.78 is 2.07. The predicted molar refractivity (Wildman–Crippen MR) is 81.3 cm³/mol. The average Bonchev–Trinajstić information content (AvgIpc) is 2.82. The highest BCUT2D eigenvalue weighted by Gasteiger charge is 2.26. The highest BCUT2D eigenvalue weighted by Crippen LogP contribution is 2.27. The van der Waals surface area contributed by atoms with Gasteiger partial charge in [0, 0.05) is 45.5 Å². The number of hydrogen-bond acceptors (Lipinski definition) is 4. The van der Waals surface area contributed by atoms with Gasteiger partial charge < -0.3 is 14.8 Å². The van der Waals surface area contributed by atoms with Crippen LogP contribution in [0.1, 0.15) is 23.0 Å². The lowest BCUT2D eigenvalue weighted by molar-refractivity contribution is 0.0779. The Labute approximate surface area is 123 Å². The molecule has 0 bridgehead atoms. The molecular formula is C15H19N5O. The molecule has 0 fully saturated rings. The molecule has 0 radical (unpaired) electrons. The fourth-order valence-electron chi connectivity index (χ4n) is 2.70. The van der Waals surface area contributed by atoms with Gasteiger partial charge >= 0.3 is 0 Å². The first-order chi connectivity index (χ1) is 10.1. The van der Waals surface area contributed by atoms with Gasteiger partial charge in [-0.3, -0.25) is 4.79 Å². The summed E-state index contributed by atoms with van der Waals surface area (Å²) in [6, 6.07) is 3.81. The predicted octanol–water partition coefficient (Wildman–Crippen LogP) is 1.54. The molecule has 21 heavy (non-hydrogen) atoms. The standard InChI is InChI=1S/C15H19N5O/c1-4-16-15-17-7-5-11(18-15)13-9-10-12(20(13)3)6-8-19(2)14(10)21/h5,7,9H,4,6,8H2,1-3H3,(H,16,17,18). The summed E-state index contributed by atoms with van der Waals surface area (Å²) >= 11 is 0. The Kier molecular flexibility index (Phi) is 3.37. The van der Waals surface area contributed by atoms with Crippen molar-refractivity contribution in [1.29, 1.82) is 0 Å². The van der Waals surface area contributed by atoms with E-state index < -0.39 is 0 Å². The molecule has 2 aromatic rings. The van der Waals surface area contributed by atoms with Crippen molar-refractivity contribution in [2.24, 2.45) is 7.05 Å². The SMILES string of the molecule is CCNc1nccc(-c2cc3c(n2C)CCN(C)C3=O)n1. The molecule has 1 aliphatic heterocycles. The lowest BCUT2D eigenvalue weighted by atomic mass is 10.1. The molecule has 1 aliphatic rings. The summed E-state index contributed by atoms with van der Waals surface area (Å²) in [6.45, 7) is 3.54. The van der Waals surface area contributed by atoms with Crippen molar-refractivity contribution < 1.29 is 4.79 Å². The molecule has 0 atom stereocenters. The zero-order valence-electron chi connectivity index (χ0n) is 12.6. The van der Waals surface area contributed by atoms with E-state index in [1.807, 2.05) is 33.2 Å². The largest absolute Gasteiger partial charge is 0.354 e. The number of nitrogens with one attached hydrogen (secondary N) is 1. The molecule has 3 heterocycles. The molecule has 1 amide bonds. The molecule has 6 nitrogen and oxygen atoms in total. The maximum atomic E-state index is 12.3. The Hall–Kier alpha value is -2.37. The van der Waals surface area contributed by atoms with Crippen molar-refractivity contribution in [3.63, 3.8) is 0 Å². The second kappa shape index (κ2) is 5.20. The van der Waals surface area contributed by atoms with Crippen LogP contribution in [0, 0.1) is 0 Å². The number of amides is 1. The molecule has 6 heteroatoms. The van der Waals surface area contributed by atoms with Crippen molar-refractivity contribution in [1.82, 2.24) is 19.4 Å². The molecule has 2 aromatic heterocycles. The molecule has 3 rings (SSSR count). The van der Waals surface area contributed by atoms with E-state index in [-0.39, 0.29) is 5.91 Å². The minimum Gasteiger partial charge on any atom is -0.354 e. The van der Waals surface area contributed by atoms with Gasteiger partial charge in [-0.1, -0.05) is 0 Å². The zero-order chi connectivity index (χ0) is 15.0. The summed E-state index contributed by atoms with van der Waals surface area (Å²) in [5, 5.41) is 3.11. The Morgan fingerprint density at radius 1 is 1.38 bits per heavy atom. The van der Waals surface area contributed by atoms with Crippen LogP contribution in [0.15, 0.2) is 18.3 Å². The lowest BCUT2D eigenvalue weighted by Gasteiger charge is -2.23. The topological polar surface area (TPSA) is 63.1 Å². The van der Waals surface area contributed by atoms with Crippen LogP contribution in [-0.4, -0.2) is 45.5 Å². The number of fused-ring (bicyclic) bond motifs is 1. The molecule has 0 spiro atoms.